The van der Waals surface area contributed by atoms with Gasteiger partial charge in [-0.15, -0.1) is 5.10 Å². The van der Waals surface area contributed by atoms with Crippen LogP contribution in [0.15, 0.2) is 36.8 Å². The number of aromatic nitrogens is 5. The fourth-order valence-corrected chi connectivity index (χ4v) is 2.67. The van der Waals surface area contributed by atoms with Gasteiger partial charge >= 0.3 is 0 Å². The molecule has 0 radical (unpaired) electrons. The highest BCUT2D eigenvalue weighted by Gasteiger charge is 2.20. The van der Waals surface area contributed by atoms with Gasteiger partial charge in [-0.3, -0.25) is 0 Å². The normalized spacial score (nSPS) is 14.9. The van der Waals surface area contributed by atoms with Crippen LogP contribution in [0.2, 0.25) is 0 Å². The molecule has 0 aromatic carbocycles. The Labute approximate surface area is 132 Å². The fraction of sp³-hybridized carbons (Fsp3) is 0.267. The minimum atomic E-state index is 0.393. The van der Waals surface area contributed by atoms with Crippen molar-refractivity contribution in [3.05, 3.63) is 42.5 Å². The summed E-state index contributed by atoms with van der Waals surface area (Å²) in [6.45, 7) is 3.23. The van der Waals surface area contributed by atoms with Gasteiger partial charge in [0, 0.05) is 44.8 Å². The summed E-state index contributed by atoms with van der Waals surface area (Å²) in [7, 11) is 0. The van der Waals surface area contributed by atoms with Crippen LogP contribution in [0.1, 0.15) is 5.69 Å². The molecule has 8 nitrogen and oxygen atoms in total. The Morgan fingerprint density at radius 2 is 1.78 bits per heavy atom. The third-order valence-electron chi connectivity index (χ3n) is 3.88. The molecular formula is C15H14N8. The number of rotatable bonds is 2. The number of imidazole rings is 1. The average molecular weight is 306 g/mol. The Balaban J connectivity index is 1.49. The second-order valence-corrected chi connectivity index (χ2v) is 5.25. The van der Waals surface area contributed by atoms with Crippen LogP contribution >= 0.6 is 0 Å². The zero-order valence-electron chi connectivity index (χ0n) is 12.4. The van der Waals surface area contributed by atoms with Crippen molar-refractivity contribution in [2.75, 3.05) is 36.0 Å². The van der Waals surface area contributed by atoms with E-state index >= 15 is 0 Å². The molecular weight excluding hydrogens is 292 g/mol. The van der Waals surface area contributed by atoms with E-state index in [1.165, 1.54) is 0 Å². The predicted octanol–water partition coefficient (Wildman–Crippen LogP) is 0.718. The van der Waals surface area contributed by atoms with E-state index in [0.29, 0.717) is 11.6 Å². The number of anilines is 2. The molecule has 3 aromatic heterocycles. The van der Waals surface area contributed by atoms with Crippen molar-refractivity contribution < 1.29 is 0 Å². The van der Waals surface area contributed by atoms with E-state index in [-0.39, 0.29) is 0 Å². The van der Waals surface area contributed by atoms with Gasteiger partial charge in [0.05, 0.1) is 0 Å². The molecule has 0 saturated carbocycles. The van der Waals surface area contributed by atoms with E-state index in [1.807, 2.05) is 24.4 Å². The van der Waals surface area contributed by atoms with Gasteiger partial charge in [0.15, 0.2) is 5.65 Å². The second kappa shape index (κ2) is 5.53. The minimum absolute atomic E-state index is 0.393. The number of fused-ring (bicyclic) bond motifs is 1. The molecule has 0 N–H and O–H groups in total. The van der Waals surface area contributed by atoms with Crippen molar-refractivity contribution in [3.63, 3.8) is 0 Å². The van der Waals surface area contributed by atoms with E-state index in [9.17, 15) is 0 Å². The SMILES string of the molecule is N#Cc1ccnc(N2CCN(c3ccc4nccn4n3)CC2)n1. The third-order valence-corrected chi connectivity index (χ3v) is 3.88. The topological polar surface area (TPSA) is 86.2 Å². The van der Waals surface area contributed by atoms with Crippen LogP contribution < -0.4 is 9.80 Å². The molecule has 4 rings (SSSR count). The number of piperazine rings is 1. The van der Waals surface area contributed by atoms with Crippen LogP contribution in [0.3, 0.4) is 0 Å². The van der Waals surface area contributed by atoms with Crippen LogP contribution in [0.25, 0.3) is 5.65 Å². The molecule has 0 atom stereocenters. The second-order valence-electron chi connectivity index (χ2n) is 5.25. The highest BCUT2D eigenvalue weighted by atomic mass is 15.4. The Bertz CT molecular complexity index is 872. The van der Waals surface area contributed by atoms with Crippen molar-refractivity contribution in [2.45, 2.75) is 0 Å². The molecule has 8 heteroatoms. The zero-order valence-corrected chi connectivity index (χ0v) is 12.4. The van der Waals surface area contributed by atoms with Crippen LogP contribution in [0, 0.1) is 11.3 Å². The average Bonchev–Trinajstić information content (AvgIpc) is 3.09. The third kappa shape index (κ3) is 2.53. The molecule has 114 valence electrons. The van der Waals surface area contributed by atoms with Crippen LogP contribution in [0.4, 0.5) is 11.8 Å². The van der Waals surface area contributed by atoms with Crippen LogP contribution in [-0.4, -0.2) is 50.7 Å². The molecule has 0 aliphatic carbocycles. The maximum atomic E-state index is 8.94. The molecule has 0 spiro atoms. The summed E-state index contributed by atoms with van der Waals surface area (Å²) in [6, 6.07) is 7.62. The van der Waals surface area contributed by atoms with E-state index in [2.05, 4.69) is 29.9 Å². The summed E-state index contributed by atoms with van der Waals surface area (Å²) >= 11 is 0. The standard InChI is InChI=1S/C15H14N8/c16-11-12-3-4-18-15(19-12)22-9-7-21(8-10-22)14-2-1-13-17-5-6-23(13)20-14/h1-6H,7-10H2. The molecule has 0 amide bonds. The van der Waals surface area contributed by atoms with Crippen molar-refractivity contribution in [1.82, 2.24) is 24.6 Å². The molecule has 23 heavy (non-hydrogen) atoms. The maximum absolute atomic E-state index is 8.94. The largest absolute Gasteiger partial charge is 0.352 e. The monoisotopic (exact) mass is 306 g/mol. The van der Waals surface area contributed by atoms with Gasteiger partial charge in [-0.05, 0) is 18.2 Å². The van der Waals surface area contributed by atoms with Crippen molar-refractivity contribution in [1.29, 1.82) is 5.26 Å². The van der Waals surface area contributed by atoms with Gasteiger partial charge in [0.25, 0.3) is 0 Å². The molecule has 4 heterocycles. The quantitative estimate of drug-likeness (QED) is 0.689. The number of nitriles is 1. The van der Waals surface area contributed by atoms with E-state index < -0.39 is 0 Å². The summed E-state index contributed by atoms with van der Waals surface area (Å²) in [6.07, 6.45) is 5.21. The lowest BCUT2D eigenvalue weighted by molar-refractivity contribution is 0.629. The zero-order chi connectivity index (χ0) is 15.6. The lowest BCUT2D eigenvalue weighted by Crippen LogP contribution is -2.47. The Hall–Kier alpha value is -3.21. The van der Waals surface area contributed by atoms with Crippen molar-refractivity contribution >= 4 is 17.4 Å². The number of hydrogen-bond acceptors (Lipinski definition) is 7. The van der Waals surface area contributed by atoms with Gasteiger partial charge in [0.2, 0.25) is 5.95 Å². The van der Waals surface area contributed by atoms with Gasteiger partial charge < -0.3 is 9.80 Å². The predicted molar refractivity (Wildman–Crippen MR) is 84.2 cm³/mol. The van der Waals surface area contributed by atoms with E-state index in [1.54, 1.807) is 23.0 Å². The Kier molecular flexibility index (Phi) is 3.24. The molecule has 1 fully saturated rings. The molecule has 1 aliphatic rings. The first kappa shape index (κ1) is 13.5. The van der Waals surface area contributed by atoms with Gasteiger partial charge in [-0.25, -0.2) is 19.5 Å². The summed E-state index contributed by atoms with van der Waals surface area (Å²) in [5.41, 5.74) is 1.23. The summed E-state index contributed by atoms with van der Waals surface area (Å²) in [5.74, 6) is 1.54. The molecule has 0 unspecified atom stereocenters. The molecule has 1 aliphatic heterocycles. The number of hydrogen-bond donors (Lipinski definition) is 0. The molecule has 1 saturated heterocycles. The van der Waals surface area contributed by atoms with Gasteiger partial charge in [-0.2, -0.15) is 5.26 Å². The highest BCUT2D eigenvalue weighted by molar-refractivity contribution is 5.47. The highest BCUT2D eigenvalue weighted by Crippen LogP contribution is 2.16. The van der Waals surface area contributed by atoms with E-state index in [4.69, 9.17) is 5.26 Å². The van der Waals surface area contributed by atoms with Gasteiger partial charge in [-0.1, -0.05) is 0 Å². The smallest absolute Gasteiger partial charge is 0.226 e. The molecule has 0 bridgehead atoms. The lowest BCUT2D eigenvalue weighted by Gasteiger charge is -2.35. The summed E-state index contributed by atoms with van der Waals surface area (Å²) in [4.78, 5) is 17.0. The van der Waals surface area contributed by atoms with Crippen LogP contribution in [0.5, 0.6) is 0 Å². The Morgan fingerprint density at radius 3 is 2.61 bits per heavy atom. The minimum Gasteiger partial charge on any atom is -0.352 e. The number of nitrogens with zero attached hydrogens (tertiary/aromatic N) is 8. The van der Waals surface area contributed by atoms with Crippen LogP contribution in [-0.2, 0) is 0 Å². The first-order chi connectivity index (χ1) is 11.3. The maximum Gasteiger partial charge on any atom is 0.226 e. The first-order valence-electron chi connectivity index (χ1n) is 7.37. The first-order valence-corrected chi connectivity index (χ1v) is 7.37. The summed E-state index contributed by atoms with van der Waals surface area (Å²) in [5, 5.41) is 13.5. The molecule has 3 aromatic rings. The fourth-order valence-electron chi connectivity index (χ4n) is 2.67. The van der Waals surface area contributed by atoms with Crippen molar-refractivity contribution in [3.8, 4) is 6.07 Å². The summed E-state index contributed by atoms with van der Waals surface area (Å²) < 4.78 is 1.78. The van der Waals surface area contributed by atoms with Crippen molar-refractivity contribution in [2.24, 2.45) is 0 Å². The lowest BCUT2D eigenvalue weighted by atomic mass is 10.3. The van der Waals surface area contributed by atoms with Gasteiger partial charge in [0.1, 0.15) is 17.6 Å². The van der Waals surface area contributed by atoms with E-state index in [0.717, 1.165) is 37.6 Å². The Morgan fingerprint density at radius 1 is 0.957 bits per heavy atom.